The number of hydrogen-bond acceptors (Lipinski definition) is 4. The third kappa shape index (κ3) is 6.05. The first kappa shape index (κ1) is 11.3. The molecule has 0 aliphatic rings. The van der Waals surface area contributed by atoms with Crippen LogP contribution >= 0.6 is 0 Å². The minimum absolute atomic E-state index is 0.186. The quantitative estimate of drug-likeness (QED) is 0.375. The molecule has 0 saturated heterocycles. The fraction of sp³-hybridized carbons (Fsp3) is 0.333. The van der Waals surface area contributed by atoms with E-state index in [1.807, 2.05) is 0 Å². The second-order valence-electron chi connectivity index (χ2n) is 1.93. The molecule has 1 N–H and O–H groups in total. The Morgan fingerprint density at radius 2 is 1.75 bits per heavy atom. The lowest BCUT2D eigenvalue weighted by atomic mass is 10.5. The molecule has 0 fully saturated rings. The summed E-state index contributed by atoms with van der Waals surface area (Å²) < 4.78 is 32.8. The summed E-state index contributed by atoms with van der Waals surface area (Å²) in [5, 5.41) is 0.995. The highest BCUT2D eigenvalue weighted by Gasteiger charge is 2.11. The van der Waals surface area contributed by atoms with Crippen LogP contribution in [0.5, 0.6) is 0 Å². The molecule has 6 heteroatoms. The SMILES string of the molecule is C=CCN(CC=C)OS(=O)(=O)O. The Balaban J connectivity index is 4.12. The molecule has 12 heavy (non-hydrogen) atoms. The first-order valence-corrected chi connectivity index (χ1v) is 4.50. The molecule has 0 aromatic rings. The average molecular weight is 193 g/mol. The summed E-state index contributed by atoms with van der Waals surface area (Å²) in [6, 6.07) is 0. The van der Waals surface area contributed by atoms with Crippen LogP contribution in [-0.2, 0) is 14.7 Å². The third-order valence-corrected chi connectivity index (χ3v) is 1.26. The zero-order valence-corrected chi connectivity index (χ0v) is 7.33. The minimum atomic E-state index is -4.44. The van der Waals surface area contributed by atoms with E-state index in [1.165, 1.54) is 12.2 Å². The average Bonchev–Trinajstić information content (AvgIpc) is 1.84. The largest absolute Gasteiger partial charge is 0.413 e. The lowest BCUT2D eigenvalue weighted by Gasteiger charge is -2.14. The molecule has 0 bridgehead atoms. The van der Waals surface area contributed by atoms with Crippen LogP contribution in [0.2, 0.25) is 0 Å². The lowest BCUT2D eigenvalue weighted by Crippen LogP contribution is -2.27. The van der Waals surface area contributed by atoms with Crippen LogP contribution in [0.4, 0.5) is 0 Å². The maximum atomic E-state index is 10.2. The van der Waals surface area contributed by atoms with Crippen LogP contribution in [-0.4, -0.2) is 31.1 Å². The van der Waals surface area contributed by atoms with E-state index in [4.69, 9.17) is 4.55 Å². The first-order valence-electron chi connectivity index (χ1n) is 3.13. The van der Waals surface area contributed by atoms with Crippen molar-refractivity contribution in [1.82, 2.24) is 5.06 Å². The summed E-state index contributed by atoms with van der Waals surface area (Å²) in [5.41, 5.74) is 0. The van der Waals surface area contributed by atoms with Crippen molar-refractivity contribution in [2.75, 3.05) is 13.1 Å². The molecule has 0 aliphatic carbocycles. The van der Waals surface area contributed by atoms with E-state index in [1.54, 1.807) is 0 Å². The molecule has 0 amide bonds. The Morgan fingerprint density at radius 3 is 2.00 bits per heavy atom. The van der Waals surface area contributed by atoms with E-state index in [0.29, 0.717) is 0 Å². The maximum Gasteiger partial charge on any atom is 0.413 e. The van der Waals surface area contributed by atoms with Gasteiger partial charge in [0.25, 0.3) is 0 Å². The van der Waals surface area contributed by atoms with Crippen LogP contribution in [0.15, 0.2) is 25.3 Å². The van der Waals surface area contributed by atoms with Gasteiger partial charge in [0.2, 0.25) is 0 Å². The summed E-state index contributed by atoms with van der Waals surface area (Å²) >= 11 is 0. The zero-order chi connectivity index (χ0) is 9.61. The second kappa shape index (κ2) is 5.04. The molecule has 0 atom stereocenters. The minimum Gasteiger partial charge on any atom is -0.262 e. The van der Waals surface area contributed by atoms with E-state index >= 15 is 0 Å². The highest BCUT2D eigenvalue weighted by atomic mass is 32.3. The monoisotopic (exact) mass is 193 g/mol. The van der Waals surface area contributed by atoms with Gasteiger partial charge in [-0.25, -0.2) is 0 Å². The van der Waals surface area contributed by atoms with Gasteiger partial charge in [0.05, 0.1) is 0 Å². The van der Waals surface area contributed by atoms with E-state index in [0.717, 1.165) is 5.06 Å². The topological polar surface area (TPSA) is 66.8 Å². The molecule has 0 unspecified atom stereocenters. The van der Waals surface area contributed by atoms with E-state index in [9.17, 15) is 8.42 Å². The Bertz CT molecular complexity index is 236. The van der Waals surface area contributed by atoms with Gasteiger partial charge < -0.3 is 0 Å². The summed E-state index contributed by atoms with van der Waals surface area (Å²) in [7, 11) is -4.44. The Hall–Kier alpha value is -0.690. The molecule has 0 radical (unpaired) electrons. The van der Waals surface area contributed by atoms with Gasteiger partial charge in [-0.3, -0.25) is 4.55 Å². The Morgan fingerprint density at radius 1 is 1.33 bits per heavy atom. The summed E-state index contributed by atoms with van der Waals surface area (Å²) in [6.45, 7) is 7.13. The normalized spacial score (nSPS) is 11.5. The van der Waals surface area contributed by atoms with Crippen LogP contribution < -0.4 is 0 Å². The molecule has 0 saturated carbocycles. The van der Waals surface area contributed by atoms with Gasteiger partial charge in [-0.15, -0.1) is 13.2 Å². The van der Waals surface area contributed by atoms with Crippen molar-refractivity contribution in [3.8, 4) is 0 Å². The van der Waals surface area contributed by atoms with Crippen molar-refractivity contribution in [2.45, 2.75) is 0 Å². The van der Waals surface area contributed by atoms with Crippen LogP contribution in [0, 0.1) is 0 Å². The zero-order valence-electron chi connectivity index (χ0n) is 6.51. The standard InChI is InChI=1S/C6H11NO4S/c1-3-5-7(6-4-2)11-12(8,9)10/h3-4H,1-2,5-6H2,(H,8,9,10). The molecule has 0 spiro atoms. The van der Waals surface area contributed by atoms with E-state index in [2.05, 4.69) is 17.4 Å². The number of hydroxylamine groups is 2. The second-order valence-corrected chi connectivity index (χ2v) is 2.93. The number of hydrogen-bond donors (Lipinski definition) is 1. The fourth-order valence-corrected chi connectivity index (χ4v) is 0.945. The third-order valence-electron chi connectivity index (χ3n) is 0.865. The smallest absolute Gasteiger partial charge is 0.262 e. The Kier molecular flexibility index (Phi) is 4.75. The number of rotatable bonds is 6. The molecule has 0 aliphatic heterocycles. The summed E-state index contributed by atoms with van der Waals surface area (Å²) in [5.74, 6) is 0. The van der Waals surface area contributed by atoms with Gasteiger partial charge in [0.1, 0.15) is 0 Å². The van der Waals surface area contributed by atoms with Crippen molar-refractivity contribution in [3.05, 3.63) is 25.3 Å². The molecule has 5 nitrogen and oxygen atoms in total. The van der Waals surface area contributed by atoms with Crippen molar-refractivity contribution in [1.29, 1.82) is 0 Å². The molecular formula is C6H11NO4S. The molecule has 0 heterocycles. The van der Waals surface area contributed by atoms with Crippen molar-refractivity contribution < 1.29 is 17.3 Å². The molecule has 0 aromatic carbocycles. The van der Waals surface area contributed by atoms with E-state index in [-0.39, 0.29) is 13.1 Å². The van der Waals surface area contributed by atoms with Gasteiger partial charge >= 0.3 is 10.4 Å². The van der Waals surface area contributed by atoms with Crippen LogP contribution in [0.1, 0.15) is 0 Å². The lowest BCUT2D eigenvalue weighted by molar-refractivity contribution is -0.0392. The van der Waals surface area contributed by atoms with Gasteiger partial charge in [-0.05, 0) is 0 Å². The summed E-state index contributed by atoms with van der Waals surface area (Å²) in [6.07, 6.45) is 2.88. The first-order chi connectivity index (χ1) is 5.49. The fourth-order valence-electron chi connectivity index (χ4n) is 0.557. The maximum absolute atomic E-state index is 10.2. The van der Waals surface area contributed by atoms with Crippen LogP contribution in [0.3, 0.4) is 0 Å². The van der Waals surface area contributed by atoms with Crippen molar-refractivity contribution in [3.63, 3.8) is 0 Å². The Labute approximate surface area is 71.8 Å². The van der Waals surface area contributed by atoms with E-state index < -0.39 is 10.4 Å². The predicted octanol–water partition coefficient (Wildman–Crippen LogP) is 0.395. The van der Waals surface area contributed by atoms with Crippen molar-refractivity contribution in [2.24, 2.45) is 0 Å². The molecule has 0 rings (SSSR count). The molecule has 0 aromatic heterocycles. The number of nitrogens with zero attached hydrogens (tertiary/aromatic N) is 1. The highest BCUT2D eigenvalue weighted by molar-refractivity contribution is 7.80. The van der Waals surface area contributed by atoms with Gasteiger partial charge in [-0.2, -0.15) is 17.8 Å². The predicted molar refractivity (Wildman–Crippen MR) is 44.6 cm³/mol. The summed E-state index contributed by atoms with van der Waals surface area (Å²) in [4.78, 5) is 0. The van der Waals surface area contributed by atoms with Gasteiger partial charge in [0, 0.05) is 13.1 Å². The highest BCUT2D eigenvalue weighted by Crippen LogP contribution is 1.95. The molecule has 70 valence electrons. The van der Waals surface area contributed by atoms with Gasteiger partial charge in [0.15, 0.2) is 0 Å². The van der Waals surface area contributed by atoms with Crippen molar-refractivity contribution >= 4 is 10.4 Å². The van der Waals surface area contributed by atoms with Gasteiger partial charge in [-0.1, -0.05) is 12.2 Å². The van der Waals surface area contributed by atoms with Crippen LogP contribution in [0.25, 0.3) is 0 Å². The molecular weight excluding hydrogens is 182 g/mol.